The first-order chi connectivity index (χ1) is 15.1. The Hall–Kier alpha value is -2.73. The summed E-state index contributed by atoms with van der Waals surface area (Å²) in [5, 5.41) is 6.21. The highest BCUT2D eigenvalue weighted by molar-refractivity contribution is 5.74. The second-order valence-corrected chi connectivity index (χ2v) is 8.02. The summed E-state index contributed by atoms with van der Waals surface area (Å²) in [7, 11) is 1.68. The Morgan fingerprint density at radius 2 is 1.68 bits per heavy atom. The van der Waals surface area contributed by atoms with Crippen LogP contribution >= 0.6 is 0 Å². The fraction of sp³-hybridized carbons (Fsp3) is 0.480. The van der Waals surface area contributed by atoms with Crippen LogP contribution in [0.3, 0.4) is 0 Å². The van der Waals surface area contributed by atoms with Gasteiger partial charge in [0, 0.05) is 37.9 Å². The smallest absolute Gasteiger partial charge is 0.315 e. The predicted molar refractivity (Wildman–Crippen MR) is 127 cm³/mol. The van der Waals surface area contributed by atoms with Gasteiger partial charge in [0.15, 0.2) is 0 Å². The lowest BCUT2D eigenvalue weighted by atomic mass is 10.0. The van der Waals surface area contributed by atoms with Gasteiger partial charge in [0.2, 0.25) is 0 Å². The summed E-state index contributed by atoms with van der Waals surface area (Å²) in [6.45, 7) is 9.73. The molecule has 0 unspecified atom stereocenters. The summed E-state index contributed by atoms with van der Waals surface area (Å²) < 4.78 is 5.23. The van der Waals surface area contributed by atoms with Crippen molar-refractivity contribution in [2.45, 2.75) is 45.8 Å². The number of methoxy groups -OCH3 is 1. The second-order valence-electron chi connectivity index (χ2n) is 8.02. The maximum Gasteiger partial charge on any atom is 0.315 e. The molecule has 0 radical (unpaired) electrons. The lowest BCUT2D eigenvalue weighted by molar-refractivity contribution is 0.234. The van der Waals surface area contributed by atoms with Gasteiger partial charge in [-0.05, 0) is 61.3 Å². The Bertz CT molecular complexity index is 813. The predicted octanol–water partition coefficient (Wildman–Crippen LogP) is 4.01. The van der Waals surface area contributed by atoms with E-state index in [1.54, 1.807) is 7.11 Å². The summed E-state index contributed by atoms with van der Waals surface area (Å²) in [5.74, 6) is 0.871. The minimum absolute atomic E-state index is 0.0828. The van der Waals surface area contributed by atoms with Gasteiger partial charge >= 0.3 is 6.03 Å². The normalized spacial score (nSPS) is 14.5. The maximum absolute atomic E-state index is 12.5. The number of ether oxygens (including phenoxy) is 1. The van der Waals surface area contributed by atoms with Crippen molar-refractivity contribution >= 4 is 11.7 Å². The third-order valence-electron chi connectivity index (χ3n) is 6.11. The first-order valence-corrected chi connectivity index (χ1v) is 11.4. The minimum atomic E-state index is -0.0828. The van der Waals surface area contributed by atoms with E-state index in [0.29, 0.717) is 6.54 Å². The molecule has 2 aromatic carbocycles. The minimum Gasteiger partial charge on any atom is -0.497 e. The lowest BCUT2D eigenvalue weighted by Gasteiger charge is -2.34. The fourth-order valence-corrected chi connectivity index (χ4v) is 4.06. The van der Waals surface area contributed by atoms with Gasteiger partial charge < -0.3 is 20.3 Å². The molecule has 1 saturated heterocycles. The SMILES string of the molecule is CCN(CC)Cc1ccccc1CNC(=O)NC1CCN(c2ccc(OC)cc2)CC1. The van der Waals surface area contributed by atoms with Crippen LogP contribution in [0.2, 0.25) is 0 Å². The van der Waals surface area contributed by atoms with Crippen LogP contribution < -0.4 is 20.3 Å². The van der Waals surface area contributed by atoms with E-state index in [9.17, 15) is 4.79 Å². The van der Waals surface area contributed by atoms with E-state index in [1.807, 2.05) is 18.2 Å². The van der Waals surface area contributed by atoms with Crippen molar-refractivity contribution in [3.63, 3.8) is 0 Å². The van der Waals surface area contributed by atoms with Crippen molar-refractivity contribution in [2.75, 3.05) is 38.2 Å². The van der Waals surface area contributed by atoms with Crippen LogP contribution in [0.5, 0.6) is 5.75 Å². The monoisotopic (exact) mass is 424 g/mol. The number of rotatable bonds is 9. The fourth-order valence-electron chi connectivity index (χ4n) is 4.06. The molecule has 6 heteroatoms. The third kappa shape index (κ3) is 6.62. The highest BCUT2D eigenvalue weighted by Gasteiger charge is 2.21. The molecular weight excluding hydrogens is 388 g/mol. The topological polar surface area (TPSA) is 56.8 Å². The average molecular weight is 425 g/mol. The molecule has 1 aliphatic heterocycles. The molecule has 0 saturated carbocycles. The third-order valence-corrected chi connectivity index (χ3v) is 6.11. The largest absolute Gasteiger partial charge is 0.497 e. The molecule has 0 atom stereocenters. The van der Waals surface area contributed by atoms with E-state index in [0.717, 1.165) is 51.3 Å². The van der Waals surface area contributed by atoms with Crippen molar-refractivity contribution in [1.82, 2.24) is 15.5 Å². The number of urea groups is 1. The Morgan fingerprint density at radius 1 is 1.03 bits per heavy atom. The van der Waals surface area contributed by atoms with E-state index < -0.39 is 0 Å². The zero-order valence-electron chi connectivity index (χ0n) is 19.1. The molecule has 0 spiro atoms. The summed E-state index contributed by atoms with van der Waals surface area (Å²) in [6, 6.07) is 16.7. The van der Waals surface area contributed by atoms with Gasteiger partial charge in [-0.3, -0.25) is 4.90 Å². The number of nitrogens with zero attached hydrogens (tertiary/aromatic N) is 2. The molecule has 1 heterocycles. The van der Waals surface area contributed by atoms with Gasteiger partial charge in [-0.1, -0.05) is 38.1 Å². The zero-order valence-corrected chi connectivity index (χ0v) is 19.1. The van der Waals surface area contributed by atoms with Crippen LogP contribution in [0, 0.1) is 0 Å². The molecule has 0 bridgehead atoms. The molecule has 3 rings (SSSR count). The molecule has 1 aliphatic rings. The van der Waals surface area contributed by atoms with E-state index in [1.165, 1.54) is 16.8 Å². The molecule has 168 valence electrons. The highest BCUT2D eigenvalue weighted by atomic mass is 16.5. The lowest BCUT2D eigenvalue weighted by Crippen LogP contribution is -2.47. The van der Waals surface area contributed by atoms with Gasteiger partial charge in [0.1, 0.15) is 5.75 Å². The quantitative estimate of drug-likeness (QED) is 0.639. The van der Waals surface area contributed by atoms with Crippen molar-refractivity contribution in [3.05, 3.63) is 59.7 Å². The number of hydrogen-bond donors (Lipinski definition) is 2. The van der Waals surface area contributed by atoms with Crippen LogP contribution in [0.15, 0.2) is 48.5 Å². The van der Waals surface area contributed by atoms with Crippen molar-refractivity contribution in [1.29, 1.82) is 0 Å². The molecule has 6 nitrogen and oxygen atoms in total. The maximum atomic E-state index is 12.5. The van der Waals surface area contributed by atoms with E-state index >= 15 is 0 Å². The summed E-state index contributed by atoms with van der Waals surface area (Å²) >= 11 is 0. The number of amides is 2. The highest BCUT2D eigenvalue weighted by Crippen LogP contribution is 2.22. The van der Waals surface area contributed by atoms with E-state index in [-0.39, 0.29) is 12.1 Å². The Labute approximate surface area is 186 Å². The molecule has 2 aromatic rings. The summed E-state index contributed by atoms with van der Waals surface area (Å²) in [6.07, 6.45) is 1.88. The van der Waals surface area contributed by atoms with Gasteiger partial charge in [-0.15, -0.1) is 0 Å². The number of hydrogen-bond acceptors (Lipinski definition) is 4. The Morgan fingerprint density at radius 3 is 2.29 bits per heavy atom. The number of nitrogens with one attached hydrogen (secondary N) is 2. The molecule has 0 aliphatic carbocycles. The summed E-state index contributed by atoms with van der Waals surface area (Å²) in [5.41, 5.74) is 3.66. The molecule has 2 N–H and O–H groups in total. The molecule has 0 aromatic heterocycles. The van der Waals surface area contributed by atoms with Crippen LogP contribution in [-0.2, 0) is 13.1 Å². The van der Waals surface area contributed by atoms with Crippen LogP contribution in [0.1, 0.15) is 37.8 Å². The number of carbonyl (C=O) groups excluding carboxylic acids is 1. The Kier molecular flexibility index (Phi) is 8.59. The van der Waals surface area contributed by atoms with E-state index in [4.69, 9.17) is 4.74 Å². The molecule has 31 heavy (non-hydrogen) atoms. The second kappa shape index (κ2) is 11.6. The number of piperidine rings is 1. The van der Waals surface area contributed by atoms with Crippen molar-refractivity contribution in [2.24, 2.45) is 0 Å². The first kappa shape index (κ1) is 22.9. The van der Waals surface area contributed by atoms with Crippen LogP contribution in [0.4, 0.5) is 10.5 Å². The zero-order chi connectivity index (χ0) is 22.1. The van der Waals surface area contributed by atoms with Gasteiger partial charge in [-0.2, -0.15) is 0 Å². The molecular formula is C25H36N4O2. The van der Waals surface area contributed by atoms with Crippen molar-refractivity contribution in [3.8, 4) is 5.75 Å². The average Bonchev–Trinajstić information content (AvgIpc) is 2.82. The van der Waals surface area contributed by atoms with Gasteiger partial charge in [0.05, 0.1) is 7.11 Å². The summed E-state index contributed by atoms with van der Waals surface area (Å²) in [4.78, 5) is 17.2. The van der Waals surface area contributed by atoms with Crippen LogP contribution in [-0.4, -0.2) is 50.3 Å². The number of carbonyl (C=O) groups is 1. The Balaban J connectivity index is 1.45. The number of anilines is 1. The van der Waals surface area contributed by atoms with Gasteiger partial charge in [0.25, 0.3) is 0 Å². The first-order valence-electron chi connectivity index (χ1n) is 11.4. The van der Waals surface area contributed by atoms with Crippen LogP contribution in [0.25, 0.3) is 0 Å². The number of benzene rings is 2. The molecule has 1 fully saturated rings. The standard InChI is InChI=1S/C25H36N4O2/c1-4-28(5-2)19-21-9-7-6-8-20(21)18-26-25(30)27-22-14-16-29(17-15-22)23-10-12-24(31-3)13-11-23/h6-13,22H,4-5,14-19H2,1-3H3,(H2,26,27,30). The van der Waals surface area contributed by atoms with Gasteiger partial charge in [-0.25, -0.2) is 4.79 Å². The van der Waals surface area contributed by atoms with Crippen molar-refractivity contribution < 1.29 is 9.53 Å². The molecule has 2 amide bonds. The van der Waals surface area contributed by atoms with E-state index in [2.05, 4.69) is 64.6 Å².